The Bertz CT molecular complexity index is 667. The second kappa shape index (κ2) is 5.43. The summed E-state index contributed by atoms with van der Waals surface area (Å²) in [5, 5.41) is 1.20. The molecule has 1 aliphatic carbocycles. The predicted octanol–water partition coefficient (Wildman–Crippen LogP) is 4.07. The quantitative estimate of drug-likeness (QED) is 0.802. The van der Waals surface area contributed by atoms with Gasteiger partial charge in [-0.25, -0.2) is 4.98 Å². The van der Waals surface area contributed by atoms with Crippen molar-refractivity contribution in [3.63, 3.8) is 0 Å². The van der Waals surface area contributed by atoms with Crippen molar-refractivity contribution in [2.45, 2.75) is 44.3 Å². The molecule has 4 nitrogen and oxygen atoms in total. The van der Waals surface area contributed by atoms with E-state index in [1.54, 1.807) is 0 Å². The molecular weight excluding hydrogens is 288 g/mol. The maximum atomic E-state index is 6.14. The highest BCUT2D eigenvalue weighted by molar-refractivity contribution is 6.28. The van der Waals surface area contributed by atoms with Gasteiger partial charge in [-0.05, 0) is 48.9 Å². The van der Waals surface area contributed by atoms with Crippen molar-refractivity contribution in [3.05, 3.63) is 29.0 Å². The zero-order valence-corrected chi connectivity index (χ0v) is 12.5. The fourth-order valence-electron chi connectivity index (χ4n) is 3.15. The number of ether oxygens (including phenoxy) is 2. The molecule has 2 heterocycles. The lowest BCUT2D eigenvalue weighted by Crippen LogP contribution is -2.19. The molecule has 110 valence electrons. The molecule has 21 heavy (non-hydrogen) atoms. The van der Waals surface area contributed by atoms with Gasteiger partial charge in [0.1, 0.15) is 6.10 Å². The molecule has 1 aromatic heterocycles. The maximum Gasteiger partial charge on any atom is 0.226 e. The minimum Gasteiger partial charge on any atom is -0.474 e. The lowest BCUT2D eigenvalue weighted by atomic mass is 9.99. The average Bonchev–Trinajstić information content (AvgIpc) is 2.89. The number of fused-ring (bicyclic) bond motifs is 1. The molecule has 4 rings (SSSR count). The van der Waals surface area contributed by atoms with Crippen molar-refractivity contribution < 1.29 is 9.47 Å². The second-order valence-corrected chi connectivity index (χ2v) is 6.05. The summed E-state index contributed by atoms with van der Waals surface area (Å²) in [6.45, 7) is 0.814. The molecule has 2 aliphatic rings. The summed E-state index contributed by atoms with van der Waals surface area (Å²) in [5.41, 5.74) is 1.94. The van der Waals surface area contributed by atoms with E-state index in [0.29, 0.717) is 5.88 Å². The average molecular weight is 305 g/mol. The third-order valence-electron chi connectivity index (χ3n) is 4.32. The van der Waals surface area contributed by atoms with Crippen LogP contribution in [0.2, 0.25) is 5.28 Å². The predicted molar refractivity (Wildman–Crippen MR) is 80.7 cm³/mol. The van der Waals surface area contributed by atoms with Gasteiger partial charge in [-0.1, -0.05) is 12.1 Å². The molecule has 0 bridgehead atoms. The first-order chi connectivity index (χ1) is 10.3. The number of rotatable bonds is 3. The molecule has 1 aliphatic heterocycles. The molecule has 1 unspecified atom stereocenters. The molecule has 1 aromatic carbocycles. The van der Waals surface area contributed by atoms with Crippen LogP contribution in [0, 0.1) is 0 Å². The Morgan fingerprint density at radius 3 is 2.67 bits per heavy atom. The summed E-state index contributed by atoms with van der Waals surface area (Å²) in [7, 11) is 0. The third-order valence-corrected chi connectivity index (χ3v) is 4.49. The first-order valence-electron chi connectivity index (χ1n) is 7.56. The zero-order chi connectivity index (χ0) is 14.2. The van der Waals surface area contributed by atoms with E-state index in [2.05, 4.69) is 16.0 Å². The Hall–Kier alpha value is -1.39. The number of hydrogen-bond donors (Lipinski definition) is 0. The minimum absolute atomic E-state index is 0.129. The number of nitrogens with zero attached hydrogens (tertiary/aromatic N) is 2. The van der Waals surface area contributed by atoms with Gasteiger partial charge in [0.15, 0.2) is 0 Å². The smallest absolute Gasteiger partial charge is 0.226 e. The van der Waals surface area contributed by atoms with E-state index in [9.17, 15) is 0 Å². The van der Waals surface area contributed by atoms with Gasteiger partial charge in [0.2, 0.25) is 11.2 Å². The number of benzene rings is 1. The zero-order valence-electron chi connectivity index (χ0n) is 11.7. The van der Waals surface area contributed by atoms with E-state index in [-0.39, 0.29) is 17.5 Å². The Morgan fingerprint density at radius 2 is 1.95 bits per heavy atom. The van der Waals surface area contributed by atoms with Gasteiger partial charge < -0.3 is 9.47 Å². The van der Waals surface area contributed by atoms with Gasteiger partial charge in [-0.3, -0.25) is 0 Å². The Balaban J connectivity index is 1.82. The molecule has 2 fully saturated rings. The van der Waals surface area contributed by atoms with E-state index >= 15 is 0 Å². The van der Waals surface area contributed by atoms with Gasteiger partial charge in [0.25, 0.3) is 0 Å². The highest BCUT2D eigenvalue weighted by atomic mass is 35.5. The number of aromatic nitrogens is 2. The van der Waals surface area contributed by atoms with Crippen molar-refractivity contribution in [1.29, 1.82) is 0 Å². The molecule has 5 heteroatoms. The Morgan fingerprint density at radius 1 is 1.14 bits per heavy atom. The van der Waals surface area contributed by atoms with Crippen molar-refractivity contribution in [3.8, 4) is 5.88 Å². The summed E-state index contributed by atoms with van der Waals surface area (Å²) in [6.07, 6.45) is 6.03. The summed E-state index contributed by atoms with van der Waals surface area (Å²) < 4.78 is 11.8. The molecule has 2 aromatic rings. The van der Waals surface area contributed by atoms with Crippen LogP contribution in [0.5, 0.6) is 5.88 Å². The Labute approximate surface area is 128 Å². The van der Waals surface area contributed by atoms with Gasteiger partial charge in [0.05, 0.1) is 23.6 Å². The van der Waals surface area contributed by atoms with Crippen LogP contribution in [0.3, 0.4) is 0 Å². The van der Waals surface area contributed by atoms with Gasteiger partial charge in [0, 0.05) is 6.42 Å². The lowest BCUT2D eigenvalue weighted by Gasteiger charge is -2.28. The molecule has 0 amide bonds. The van der Waals surface area contributed by atoms with Gasteiger partial charge in [-0.2, -0.15) is 4.98 Å². The largest absolute Gasteiger partial charge is 0.474 e. The highest BCUT2D eigenvalue weighted by Gasteiger charge is 2.26. The first-order valence-corrected chi connectivity index (χ1v) is 7.93. The highest BCUT2D eigenvalue weighted by Crippen LogP contribution is 2.38. The van der Waals surface area contributed by atoms with Crippen LogP contribution in [0.4, 0.5) is 0 Å². The second-order valence-electron chi connectivity index (χ2n) is 5.71. The van der Waals surface area contributed by atoms with Crippen LogP contribution in [0.1, 0.15) is 43.8 Å². The van der Waals surface area contributed by atoms with Crippen molar-refractivity contribution in [1.82, 2.24) is 9.97 Å². The molecule has 1 saturated heterocycles. The van der Waals surface area contributed by atoms with Crippen LogP contribution in [0.25, 0.3) is 10.9 Å². The normalized spacial score (nSPS) is 22.4. The van der Waals surface area contributed by atoms with Crippen molar-refractivity contribution in [2.75, 3.05) is 6.61 Å². The maximum absolute atomic E-state index is 6.14. The van der Waals surface area contributed by atoms with E-state index in [4.69, 9.17) is 21.1 Å². The standard InChI is InChI=1S/C16H17ClN2O2/c17-16-18-12-7-3-6-11(13-8-9-20-13)14(12)15(19-16)21-10-4-1-2-5-10/h3,6-7,10,13H,1-2,4-5,8-9H2. The monoisotopic (exact) mass is 304 g/mol. The van der Waals surface area contributed by atoms with Crippen LogP contribution in [-0.2, 0) is 4.74 Å². The van der Waals surface area contributed by atoms with Gasteiger partial charge >= 0.3 is 0 Å². The topological polar surface area (TPSA) is 44.2 Å². The fraction of sp³-hybridized carbons (Fsp3) is 0.500. The Kier molecular flexibility index (Phi) is 3.43. The summed E-state index contributed by atoms with van der Waals surface area (Å²) in [6, 6.07) is 6.01. The molecule has 0 radical (unpaired) electrons. The van der Waals surface area contributed by atoms with E-state index in [0.717, 1.165) is 42.3 Å². The van der Waals surface area contributed by atoms with E-state index in [1.165, 1.54) is 12.8 Å². The number of halogens is 1. The molecule has 1 saturated carbocycles. The van der Waals surface area contributed by atoms with Crippen LogP contribution in [0.15, 0.2) is 18.2 Å². The molecule has 0 spiro atoms. The SMILES string of the molecule is Clc1nc(OC2CCCC2)c2c(C3CCO3)cccc2n1. The molecule has 0 N–H and O–H groups in total. The van der Waals surface area contributed by atoms with Crippen LogP contribution >= 0.6 is 11.6 Å². The van der Waals surface area contributed by atoms with Gasteiger partial charge in [-0.15, -0.1) is 0 Å². The van der Waals surface area contributed by atoms with E-state index in [1.807, 2.05) is 12.1 Å². The summed E-state index contributed by atoms with van der Waals surface area (Å²) >= 11 is 6.06. The van der Waals surface area contributed by atoms with Crippen molar-refractivity contribution >= 4 is 22.5 Å². The molecule has 1 atom stereocenters. The minimum atomic E-state index is 0.129. The first kappa shape index (κ1) is 13.3. The summed E-state index contributed by atoms with van der Waals surface area (Å²) in [5.74, 6) is 0.614. The number of hydrogen-bond acceptors (Lipinski definition) is 4. The third kappa shape index (κ3) is 2.47. The summed E-state index contributed by atoms with van der Waals surface area (Å²) in [4.78, 5) is 8.67. The van der Waals surface area contributed by atoms with Crippen LogP contribution in [-0.4, -0.2) is 22.7 Å². The fourth-order valence-corrected chi connectivity index (χ4v) is 3.31. The lowest BCUT2D eigenvalue weighted by molar-refractivity contribution is -0.0519. The molecular formula is C16H17ClN2O2. The van der Waals surface area contributed by atoms with E-state index < -0.39 is 0 Å². The van der Waals surface area contributed by atoms with Crippen LogP contribution < -0.4 is 4.74 Å². The van der Waals surface area contributed by atoms with Crippen molar-refractivity contribution in [2.24, 2.45) is 0 Å².